The predicted octanol–water partition coefficient (Wildman–Crippen LogP) is 2.75. The summed E-state index contributed by atoms with van der Waals surface area (Å²) in [6.07, 6.45) is -1.99. The highest BCUT2D eigenvalue weighted by molar-refractivity contribution is 7.11. The fourth-order valence-electron chi connectivity index (χ4n) is 2.32. The molecule has 2 N–H and O–H groups in total. The van der Waals surface area contributed by atoms with E-state index in [9.17, 15) is 13.2 Å². The second-order valence-corrected chi connectivity index (χ2v) is 5.86. The van der Waals surface area contributed by atoms with Crippen LogP contribution in [-0.2, 0) is 12.7 Å². The molecule has 2 atom stereocenters. The molecule has 0 spiro atoms. The average molecular weight is 316 g/mol. The van der Waals surface area contributed by atoms with Gasteiger partial charge in [-0.25, -0.2) is 4.98 Å². The van der Waals surface area contributed by atoms with Gasteiger partial charge in [0.15, 0.2) is 5.01 Å². The van der Waals surface area contributed by atoms with Crippen molar-refractivity contribution in [3.63, 3.8) is 0 Å². The zero-order chi connectivity index (χ0) is 13.3. The molecule has 0 amide bonds. The van der Waals surface area contributed by atoms with Gasteiger partial charge in [0, 0.05) is 30.2 Å². The highest BCUT2D eigenvalue weighted by Crippen LogP contribution is 2.33. The molecule has 3 nitrogen and oxygen atoms in total. The second-order valence-electron chi connectivity index (χ2n) is 4.75. The molecular weight excluding hydrogens is 299 g/mol. The van der Waals surface area contributed by atoms with Crippen LogP contribution >= 0.6 is 23.7 Å². The average Bonchev–Trinajstić information content (AvgIpc) is 2.86. The molecule has 1 aromatic rings. The van der Waals surface area contributed by atoms with Gasteiger partial charge in [-0.1, -0.05) is 0 Å². The largest absolute Gasteiger partial charge is 0.443 e. The number of rotatable bonds is 3. The molecule has 2 heterocycles. The second kappa shape index (κ2) is 6.39. The van der Waals surface area contributed by atoms with Gasteiger partial charge >= 0.3 is 6.18 Å². The number of alkyl halides is 3. The van der Waals surface area contributed by atoms with E-state index in [2.05, 4.69) is 16.8 Å². The molecule has 1 fully saturated rings. The van der Waals surface area contributed by atoms with Crippen LogP contribution in [0.25, 0.3) is 0 Å². The molecule has 2 rings (SSSR count). The number of aromatic nitrogens is 1. The van der Waals surface area contributed by atoms with Crippen molar-refractivity contribution in [1.29, 1.82) is 0 Å². The van der Waals surface area contributed by atoms with Crippen LogP contribution in [0, 0.1) is 5.92 Å². The van der Waals surface area contributed by atoms with Crippen molar-refractivity contribution in [3.05, 3.63) is 16.1 Å². The van der Waals surface area contributed by atoms with E-state index in [-0.39, 0.29) is 12.4 Å². The first-order valence-electron chi connectivity index (χ1n) is 5.86. The van der Waals surface area contributed by atoms with Crippen LogP contribution in [0.4, 0.5) is 13.2 Å². The fraction of sp³-hybridized carbons (Fsp3) is 0.727. The van der Waals surface area contributed by atoms with Crippen LogP contribution < -0.4 is 5.73 Å². The quantitative estimate of drug-likeness (QED) is 0.932. The summed E-state index contributed by atoms with van der Waals surface area (Å²) in [6, 6.07) is 0.370. The SMILES string of the molecule is CC1CC(CN)CN1Cc1cnc(C(F)(F)F)s1.Cl. The Kier molecular flexibility index (Phi) is 5.61. The Labute approximate surface area is 120 Å². The molecule has 0 radical (unpaired) electrons. The van der Waals surface area contributed by atoms with Crippen molar-refractivity contribution in [2.24, 2.45) is 11.7 Å². The third kappa shape index (κ3) is 4.05. The van der Waals surface area contributed by atoms with E-state index >= 15 is 0 Å². The van der Waals surface area contributed by atoms with Gasteiger partial charge in [0.25, 0.3) is 0 Å². The normalized spacial score (nSPS) is 24.5. The van der Waals surface area contributed by atoms with Crippen LogP contribution in [0.1, 0.15) is 23.2 Å². The molecule has 0 saturated carbocycles. The molecule has 1 aromatic heterocycles. The number of thiazole rings is 1. The van der Waals surface area contributed by atoms with Crippen molar-refractivity contribution in [1.82, 2.24) is 9.88 Å². The van der Waals surface area contributed by atoms with E-state index in [1.807, 2.05) is 0 Å². The summed E-state index contributed by atoms with van der Waals surface area (Å²) in [5.41, 5.74) is 5.63. The summed E-state index contributed by atoms with van der Waals surface area (Å²) in [5.74, 6) is 0.454. The fourth-order valence-corrected chi connectivity index (χ4v) is 3.13. The van der Waals surface area contributed by atoms with Gasteiger partial charge in [0.1, 0.15) is 0 Å². The van der Waals surface area contributed by atoms with Gasteiger partial charge < -0.3 is 5.73 Å². The van der Waals surface area contributed by atoms with Gasteiger partial charge in [-0.05, 0) is 25.8 Å². The number of nitrogens with two attached hydrogens (primary N) is 1. The summed E-state index contributed by atoms with van der Waals surface area (Å²) < 4.78 is 37.3. The number of hydrogen-bond donors (Lipinski definition) is 1. The predicted molar refractivity (Wildman–Crippen MR) is 71.4 cm³/mol. The lowest BCUT2D eigenvalue weighted by molar-refractivity contribution is -0.137. The highest BCUT2D eigenvalue weighted by Gasteiger charge is 2.35. The number of likely N-dealkylation sites (tertiary alicyclic amines) is 1. The topological polar surface area (TPSA) is 42.1 Å². The van der Waals surface area contributed by atoms with Gasteiger partial charge in [-0.3, -0.25) is 4.90 Å². The Morgan fingerprint density at radius 1 is 1.53 bits per heavy atom. The lowest BCUT2D eigenvalue weighted by atomic mass is 10.1. The highest BCUT2D eigenvalue weighted by atomic mass is 35.5. The minimum absolute atomic E-state index is 0. The Bertz CT molecular complexity index is 410. The summed E-state index contributed by atoms with van der Waals surface area (Å²) >= 11 is 0.729. The lowest BCUT2D eigenvalue weighted by Gasteiger charge is -2.19. The van der Waals surface area contributed by atoms with Crippen LogP contribution in [0.2, 0.25) is 0 Å². The van der Waals surface area contributed by atoms with Crippen LogP contribution in [-0.4, -0.2) is 29.0 Å². The molecule has 19 heavy (non-hydrogen) atoms. The number of hydrogen-bond acceptors (Lipinski definition) is 4. The third-order valence-corrected chi connectivity index (χ3v) is 4.31. The minimum Gasteiger partial charge on any atom is -0.330 e. The van der Waals surface area contributed by atoms with Crippen molar-refractivity contribution < 1.29 is 13.2 Å². The first-order valence-corrected chi connectivity index (χ1v) is 6.67. The van der Waals surface area contributed by atoms with E-state index in [1.54, 1.807) is 0 Å². The third-order valence-electron chi connectivity index (χ3n) is 3.28. The standard InChI is InChI=1S/C11H16F3N3S.ClH/c1-7-2-8(3-15)5-17(7)6-9-4-16-10(18-9)11(12,13)14;/h4,7-8H,2-3,5-6,15H2,1H3;1H. The van der Waals surface area contributed by atoms with E-state index in [0.29, 0.717) is 29.9 Å². The Hall–Kier alpha value is -0.370. The molecule has 0 aromatic carbocycles. The molecule has 0 aliphatic carbocycles. The first kappa shape index (κ1) is 16.7. The number of halogens is 4. The van der Waals surface area contributed by atoms with Gasteiger partial charge in [-0.15, -0.1) is 23.7 Å². The first-order chi connectivity index (χ1) is 8.40. The van der Waals surface area contributed by atoms with Crippen molar-refractivity contribution >= 4 is 23.7 Å². The zero-order valence-electron chi connectivity index (χ0n) is 10.5. The maximum absolute atomic E-state index is 12.4. The van der Waals surface area contributed by atoms with E-state index < -0.39 is 11.2 Å². The Morgan fingerprint density at radius 2 is 2.21 bits per heavy atom. The zero-order valence-corrected chi connectivity index (χ0v) is 12.1. The smallest absolute Gasteiger partial charge is 0.330 e. The molecule has 2 unspecified atom stereocenters. The molecule has 0 bridgehead atoms. The monoisotopic (exact) mass is 315 g/mol. The molecular formula is C11H17ClF3N3S. The lowest BCUT2D eigenvalue weighted by Crippen LogP contribution is -2.26. The van der Waals surface area contributed by atoms with Crippen LogP contribution in [0.15, 0.2) is 6.20 Å². The maximum Gasteiger partial charge on any atom is 0.443 e. The summed E-state index contributed by atoms with van der Waals surface area (Å²) in [6.45, 7) is 4.11. The van der Waals surface area contributed by atoms with Crippen molar-refractivity contribution in [3.8, 4) is 0 Å². The van der Waals surface area contributed by atoms with E-state index in [1.165, 1.54) is 6.20 Å². The summed E-state index contributed by atoms with van der Waals surface area (Å²) in [4.78, 5) is 6.27. The van der Waals surface area contributed by atoms with Crippen molar-refractivity contribution in [2.45, 2.75) is 32.1 Å². The molecule has 110 valence electrons. The maximum atomic E-state index is 12.4. The van der Waals surface area contributed by atoms with Crippen LogP contribution in [0.3, 0.4) is 0 Å². The Balaban J connectivity index is 0.00000180. The van der Waals surface area contributed by atoms with Crippen molar-refractivity contribution in [2.75, 3.05) is 13.1 Å². The van der Waals surface area contributed by atoms with Gasteiger partial charge in [-0.2, -0.15) is 13.2 Å². The summed E-state index contributed by atoms with van der Waals surface area (Å²) in [5, 5.41) is -0.764. The number of nitrogens with zero attached hydrogens (tertiary/aromatic N) is 2. The van der Waals surface area contributed by atoms with E-state index in [4.69, 9.17) is 5.73 Å². The molecule has 8 heteroatoms. The van der Waals surface area contributed by atoms with Gasteiger partial charge in [0.05, 0.1) is 0 Å². The van der Waals surface area contributed by atoms with Crippen LogP contribution in [0.5, 0.6) is 0 Å². The van der Waals surface area contributed by atoms with Gasteiger partial charge in [0.2, 0.25) is 0 Å². The molecule has 1 saturated heterocycles. The van der Waals surface area contributed by atoms with E-state index in [0.717, 1.165) is 24.3 Å². The molecule has 1 aliphatic rings. The summed E-state index contributed by atoms with van der Waals surface area (Å²) in [7, 11) is 0. The molecule has 1 aliphatic heterocycles. The minimum atomic E-state index is -4.33. The Morgan fingerprint density at radius 3 is 2.68 bits per heavy atom.